The number of rotatable bonds is 37. The lowest BCUT2D eigenvalue weighted by atomic mass is 9.78. The van der Waals surface area contributed by atoms with Crippen molar-refractivity contribution in [2.45, 2.75) is 316 Å². The summed E-state index contributed by atoms with van der Waals surface area (Å²) in [5.41, 5.74) is -8.10. The van der Waals surface area contributed by atoms with Crippen molar-refractivity contribution in [1.82, 2.24) is 0 Å². The number of Topliss-reactive ketones (excluding diaryl/α,β-unsaturated/α-hetero) is 9. The predicted molar refractivity (Wildman–Crippen MR) is 397 cm³/mol. The molecule has 0 heterocycles. The highest BCUT2D eigenvalue weighted by Gasteiger charge is 2.62. The Morgan fingerprint density at radius 2 is 0.696 bits per heavy atom. The highest BCUT2D eigenvalue weighted by atomic mass is 16.4. The first kappa shape index (κ1) is 94.4. The molecule has 0 spiro atoms. The van der Waals surface area contributed by atoms with E-state index in [9.17, 15) is 99.3 Å². The summed E-state index contributed by atoms with van der Waals surface area (Å²) in [5, 5.41) is 119. The van der Waals surface area contributed by atoms with Crippen LogP contribution in [0.5, 0.6) is 0 Å². The minimum absolute atomic E-state index is 0.0696. The summed E-state index contributed by atoms with van der Waals surface area (Å²) >= 11 is 0. The molecule has 0 radical (unpaired) electrons. The second-order valence-electron chi connectivity index (χ2n) is 32.9. The van der Waals surface area contributed by atoms with Crippen LogP contribution in [0.15, 0.2) is 68.6 Å². The topological polar surface area (TPSA) is 376 Å². The molecule has 0 bridgehead atoms. The SMILES string of the molecule is CC(C)=CCC(=O)C1(O)C(O)=C(C(=O)CCC(C)C)C(=O)[C@H]1CC=C(C)C.CC(C)CCC(O)C1(O)C(O)=C(C(=O)C(C)C)C(=O)[C@H]1CCC(C)C.CCC(=O)C1=C(O)C(O)(C(O)CCC(C)C)[C@H](CCC(C)C)C1=O.CCC(C)C(=O)C1=C(O)C(O)(C(O)CCC(C)C)[C@H](CCC(C)C)C1=O. The van der Waals surface area contributed by atoms with Crippen molar-refractivity contribution in [2.24, 2.45) is 76.9 Å². The van der Waals surface area contributed by atoms with Crippen molar-refractivity contribution in [3.05, 3.63) is 68.6 Å². The van der Waals surface area contributed by atoms with E-state index in [1.54, 1.807) is 39.8 Å². The Bertz CT molecular complexity index is 3100. The fourth-order valence-corrected chi connectivity index (χ4v) is 13.1. The van der Waals surface area contributed by atoms with Gasteiger partial charge in [0.25, 0.3) is 0 Å². The van der Waals surface area contributed by atoms with Crippen molar-refractivity contribution >= 4 is 52.0 Å². The van der Waals surface area contributed by atoms with Gasteiger partial charge in [-0.25, -0.2) is 0 Å². The summed E-state index contributed by atoms with van der Waals surface area (Å²) < 4.78 is 0. The highest BCUT2D eigenvalue weighted by Crippen LogP contribution is 2.48. The van der Waals surface area contributed by atoms with E-state index in [0.29, 0.717) is 106 Å². The number of hydrogen-bond donors (Lipinski definition) is 11. The largest absolute Gasteiger partial charge is 0.508 e. The van der Waals surface area contributed by atoms with Crippen LogP contribution in [0.4, 0.5) is 0 Å². The van der Waals surface area contributed by atoms with E-state index in [2.05, 4.69) is 0 Å². The van der Waals surface area contributed by atoms with Crippen molar-refractivity contribution in [1.29, 1.82) is 0 Å². The molecule has 4 aliphatic rings. The van der Waals surface area contributed by atoms with Crippen LogP contribution in [-0.4, -0.2) is 149 Å². The first-order chi connectivity index (χ1) is 46.9. The van der Waals surface area contributed by atoms with E-state index >= 15 is 0 Å². The van der Waals surface area contributed by atoms with Gasteiger partial charge >= 0.3 is 0 Å². The molecule has 0 aromatic carbocycles. The van der Waals surface area contributed by atoms with E-state index < -0.39 is 157 Å². The fourth-order valence-electron chi connectivity index (χ4n) is 13.1. The second kappa shape index (κ2) is 41.3. The Morgan fingerprint density at radius 1 is 0.392 bits per heavy atom. The lowest BCUT2D eigenvalue weighted by molar-refractivity contribution is -0.144. The summed E-state index contributed by atoms with van der Waals surface area (Å²) in [5.74, 6) is -10.4. The molecule has 20 heteroatoms. The molecule has 8 unspecified atom stereocenters. The normalized spacial score (nSPS) is 24.9. The molecule has 0 amide bonds. The molecule has 102 heavy (non-hydrogen) atoms. The van der Waals surface area contributed by atoms with Gasteiger partial charge in [-0.1, -0.05) is 174 Å². The number of carbonyl (C=O) groups is 9. The molecular formula is C82H134O20. The van der Waals surface area contributed by atoms with Crippen molar-refractivity contribution in [3.8, 4) is 0 Å². The van der Waals surface area contributed by atoms with Crippen LogP contribution in [0.1, 0.15) is 275 Å². The van der Waals surface area contributed by atoms with Gasteiger partial charge in [-0.15, -0.1) is 0 Å². The Morgan fingerprint density at radius 3 is 1.00 bits per heavy atom. The minimum atomic E-state index is -2.35. The quantitative estimate of drug-likeness (QED) is 0.0203. The first-order valence-corrected chi connectivity index (χ1v) is 37.7. The molecule has 0 fully saturated rings. The number of aliphatic hydroxyl groups is 11. The average Bonchev–Trinajstić information content (AvgIpc) is 1.62. The Balaban J connectivity index is 0.000000681. The van der Waals surface area contributed by atoms with Crippen molar-refractivity contribution in [3.63, 3.8) is 0 Å². The molecule has 11 N–H and O–H groups in total. The van der Waals surface area contributed by atoms with Gasteiger partial charge in [-0.05, 0) is 146 Å². The number of carbonyl (C=O) groups excluding carboxylic acids is 9. The second-order valence-corrected chi connectivity index (χ2v) is 32.9. The van der Waals surface area contributed by atoms with E-state index in [0.717, 1.165) is 11.1 Å². The standard InChI is InChI=1S/C22H32O5.C21H36O5.C20H34O5.C19H32O5/c1-13(2)7-10-16-20(25)19(17(23)11-8-14(3)4)21(26)22(16,27)18(24)12-9-15(5)6;1-7-14(6)18(23)17-19(24)15(10-8-12(2)3)21(26,20(17)25)16(22)11-9-13(4)5;1-11(2)7-9-14-18(23)16(17(22)13(5)6)19(24)20(14,25)15(21)10-8-12(3)4;1-6-14(20)16-17(22)13(9-7-11(2)3)19(24,18(16)23)15(21)10-8-12(4)5/h7,9,14,16,26-27H,8,10-12H2,1-6H3;12-16,22,25-26H,7-11H2,1-6H3;11-15,21,24-25H,7-10H2,1-6H3;11-13,15,21,23-24H,6-10H2,1-5H3/t16-,22?;14?,15-,16?,21?;14-,15?,20?;13-,15?,19?/m1111/s1. The van der Waals surface area contributed by atoms with Gasteiger partial charge < -0.3 is 56.2 Å². The van der Waals surface area contributed by atoms with Crippen LogP contribution >= 0.6 is 0 Å². The smallest absolute Gasteiger partial charge is 0.191 e. The van der Waals surface area contributed by atoms with Gasteiger partial charge in [-0.3, -0.25) is 43.2 Å². The van der Waals surface area contributed by atoms with Crippen LogP contribution in [0.2, 0.25) is 0 Å². The van der Waals surface area contributed by atoms with Gasteiger partial charge in [0.1, 0.15) is 45.3 Å². The third-order valence-corrected chi connectivity index (χ3v) is 20.3. The van der Waals surface area contributed by atoms with Crippen LogP contribution in [0.3, 0.4) is 0 Å². The summed E-state index contributed by atoms with van der Waals surface area (Å²) in [6.07, 6.45) is 6.44. The summed E-state index contributed by atoms with van der Waals surface area (Å²) in [7, 11) is 0. The van der Waals surface area contributed by atoms with Gasteiger partial charge in [0.15, 0.2) is 74.5 Å². The van der Waals surface area contributed by atoms with Gasteiger partial charge in [0.2, 0.25) is 0 Å². The average molecular weight is 1440 g/mol. The number of allylic oxidation sites excluding steroid dienone is 8. The third kappa shape index (κ3) is 23.4. The number of aliphatic hydroxyl groups excluding tert-OH is 7. The maximum absolute atomic E-state index is 12.9. The molecule has 12 atom stereocenters. The molecule has 0 aromatic rings. The highest BCUT2D eigenvalue weighted by molar-refractivity contribution is 6.27. The third-order valence-electron chi connectivity index (χ3n) is 20.3. The molecule has 0 saturated carbocycles. The maximum atomic E-state index is 12.9. The summed E-state index contributed by atoms with van der Waals surface area (Å²) in [4.78, 5) is 114. The maximum Gasteiger partial charge on any atom is 0.191 e. The Kier molecular flexibility index (Phi) is 38.3. The van der Waals surface area contributed by atoms with Crippen LogP contribution in [-0.2, 0) is 43.2 Å². The van der Waals surface area contributed by atoms with Crippen molar-refractivity contribution in [2.75, 3.05) is 0 Å². The monoisotopic (exact) mass is 1440 g/mol. The van der Waals surface area contributed by atoms with E-state index in [1.165, 1.54) is 0 Å². The minimum Gasteiger partial charge on any atom is -0.508 e. The van der Waals surface area contributed by atoms with Crippen LogP contribution < -0.4 is 0 Å². The molecular weight excluding hydrogens is 1300 g/mol. The summed E-state index contributed by atoms with van der Waals surface area (Å²) in [6, 6.07) is 0. The summed E-state index contributed by atoms with van der Waals surface area (Å²) in [6.45, 7) is 43.6. The zero-order valence-electron chi connectivity index (χ0n) is 66.2. The Hall–Kier alpha value is -5.61. The van der Waals surface area contributed by atoms with Crippen LogP contribution in [0.25, 0.3) is 0 Å². The molecule has 0 aliphatic heterocycles. The van der Waals surface area contributed by atoms with Crippen molar-refractivity contribution < 1.29 is 99.3 Å². The molecule has 4 aliphatic carbocycles. The zero-order chi connectivity index (χ0) is 79.3. The Labute approximate surface area is 609 Å². The molecule has 20 nitrogen and oxygen atoms in total. The molecule has 4 rings (SSSR count). The number of ketones is 9. The van der Waals surface area contributed by atoms with Gasteiger partial charge in [0, 0.05) is 31.1 Å². The van der Waals surface area contributed by atoms with E-state index in [-0.39, 0.29) is 67.6 Å². The van der Waals surface area contributed by atoms with E-state index in [4.69, 9.17) is 0 Å². The molecule has 582 valence electrons. The lowest BCUT2D eigenvalue weighted by Crippen LogP contribution is -2.49. The number of hydrogen-bond acceptors (Lipinski definition) is 20. The predicted octanol–water partition coefficient (Wildman–Crippen LogP) is 13.7. The van der Waals surface area contributed by atoms with Gasteiger partial charge in [0.05, 0.1) is 42.0 Å². The zero-order valence-corrected chi connectivity index (χ0v) is 66.2. The van der Waals surface area contributed by atoms with Crippen LogP contribution in [0, 0.1) is 76.9 Å². The first-order valence-electron chi connectivity index (χ1n) is 37.7. The lowest BCUT2D eigenvalue weighted by Gasteiger charge is -2.34. The molecule has 0 saturated heterocycles. The van der Waals surface area contributed by atoms with E-state index in [1.807, 2.05) is 132 Å². The van der Waals surface area contributed by atoms with Gasteiger partial charge in [-0.2, -0.15) is 0 Å². The fraction of sp³-hybridized carbons (Fsp3) is 0.744. The molecule has 0 aromatic heterocycles.